The van der Waals surface area contributed by atoms with E-state index in [0.29, 0.717) is 11.4 Å². The van der Waals surface area contributed by atoms with Crippen LogP contribution < -0.4 is 10.1 Å². The molecule has 0 aliphatic heterocycles. The smallest absolute Gasteiger partial charge is 0.268 e. The minimum absolute atomic E-state index is 0.292. The van der Waals surface area contributed by atoms with E-state index in [-0.39, 0.29) is 5.91 Å². The number of benzene rings is 2. The van der Waals surface area contributed by atoms with Crippen LogP contribution in [0.2, 0.25) is 0 Å². The lowest BCUT2D eigenvalue weighted by Crippen LogP contribution is -2.26. The van der Waals surface area contributed by atoms with Crippen LogP contribution in [0.3, 0.4) is 0 Å². The van der Waals surface area contributed by atoms with Gasteiger partial charge in [0.05, 0.1) is 19.0 Å². The first-order valence-corrected chi connectivity index (χ1v) is 7.30. The van der Waals surface area contributed by atoms with Gasteiger partial charge in [-0.1, -0.05) is 41.6 Å². The standard InChI is InChI=1S/C18H20N2O3/c1-13-9-10-17(22-3)16(11-13)20-18(21)14(2)23-19-12-15-7-5-4-6-8-15/h4-12,14H,1-3H3,(H,20,21)/b19-12+. The molecule has 0 spiro atoms. The molecule has 0 radical (unpaired) electrons. The van der Waals surface area contributed by atoms with E-state index in [4.69, 9.17) is 9.57 Å². The van der Waals surface area contributed by atoms with Gasteiger partial charge in [0.15, 0.2) is 0 Å². The molecule has 1 atom stereocenters. The van der Waals surface area contributed by atoms with Gasteiger partial charge >= 0.3 is 0 Å². The zero-order valence-corrected chi connectivity index (χ0v) is 13.4. The summed E-state index contributed by atoms with van der Waals surface area (Å²) in [5.41, 5.74) is 2.54. The average molecular weight is 312 g/mol. The van der Waals surface area contributed by atoms with E-state index in [1.54, 1.807) is 20.2 Å². The molecule has 2 aromatic rings. The maximum Gasteiger partial charge on any atom is 0.268 e. The van der Waals surface area contributed by atoms with Crippen LogP contribution in [0.4, 0.5) is 5.69 Å². The first kappa shape index (κ1) is 16.5. The van der Waals surface area contributed by atoms with E-state index in [1.807, 2.05) is 55.5 Å². The zero-order valence-electron chi connectivity index (χ0n) is 13.4. The Balaban J connectivity index is 1.95. The van der Waals surface area contributed by atoms with Crippen molar-refractivity contribution in [2.45, 2.75) is 20.0 Å². The molecule has 0 heterocycles. The Kier molecular flexibility index (Phi) is 5.74. The second kappa shape index (κ2) is 7.98. The summed E-state index contributed by atoms with van der Waals surface area (Å²) >= 11 is 0. The summed E-state index contributed by atoms with van der Waals surface area (Å²) in [5.74, 6) is 0.308. The number of hydrogen-bond donors (Lipinski definition) is 1. The van der Waals surface area contributed by atoms with E-state index < -0.39 is 6.10 Å². The highest BCUT2D eigenvalue weighted by atomic mass is 16.6. The van der Waals surface area contributed by atoms with Crippen molar-refractivity contribution in [1.29, 1.82) is 0 Å². The summed E-state index contributed by atoms with van der Waals surface area (Å²) in [6.07, 6.45) is 0.844. The Morgan fingerprint density at radius 2 is 1.96 bits per heavy atom. The molecule has 5 nitrogen and oxygen atoms in total. The monoisotopic (exact) mass is 312 g/mol. The second-order valence-electron chi connectivity index (χ2n) is 5.09. The number of anilines is 1. The number of oxime groups is 1. The molecule has 0 aliphatic rings. The lowest BCUT2D eigenvalue weighted by Gasteiger charge is -2.13. The highest BCUT2D eigenvalue weighted by molar-refractivity contribution is 5.95. The maximum atomic E-state index is 12.2. The predicted octanol–water partition coefficient (Wildman–Crippen LogP) is 3.38. The van der Waals surface area contributed by atoms with Crippen molar-refractivity contribution in [1.82, 2.24) is 0 Å². The van der Waals surface area contributed by atoms with Crippen LogP contribution in [-0.4, -0.2) is 25.3 Å². The van der Waals surface area contributed by atoms with Crippen molar-refractivity contribution in [3.8, 4) is 5.75 Å². The molecule has 5 heteroatoms. The molecule has 0 fully saturated rings. The van der Waals surface area contributed by atoms with E-state index in [1.165, 1.54) is 0 Å². The number of nitrogens with one attached hydrogen (secondary N) is 1. The van der Waals surface area contributed by atoms with Gasteiger partial charge in [-0.2, -0.15) is 0 Å². The number of ether oxygens (including phenoxy) is 1. The van der Waals surface area contributed by atoms with Crippen molar-refractivity contribution in [3.63, 3.8) is 0 Å². The number of nitrogens with zero attached hydrogens (tertiary/aromatic N) is 1. The van der Waals surface area contributed by atoms with Crippen molar-refractivity contribution in [2.24, 2.45) is 5.16 Å². The first-order valence-electron chi connectivity index (χ1n) is 7.30. The van der Waals surface area contributed by atoms with Crippen LogP contribution in [0, 0.1) is 6.92 Å². The van der Waals surface area contributed by atoms with Crippen LogP contribution in [0.1, 0.15) is 18.1 Å². The van der Waals surface area contributed by atoms with Gasteiger partial charge < -0.3 is 14.9 Å². The predicted molar refractivity (Wildman–Crippen MR) is 90.9 cm³/mol. The topological polar surface area (TPSA) is 59.9 Å². The second-order valence-corrected chi connectivity index (χ2v) is 5.09. The van der Waals surface area contributed by atoms with Crippen molar-refractivity contribution in [2.75, 3.05) is 12.4 Å². The van der Waals surface area contributed by atoms with E-state index in [9.17, 15) is 4.79 Å². The van der Waals surface area contributed by atoms with Crippen LogP contribution in [0.15, 0.2) is 53.7 Å². The molecular formula is C18H20N2O3. The molecule has 1 N–H and O–H groups in total. The highest BCUT2D eigenvalue weighted by Crippen LogP contribution is 2.25. The van der Waals surface area contributed by atoms with Crippen LogP contribution in [0.25, 0.3) is 0 Å². The fraction of sp³-hybridized carbons (Fsp3) is 0.222. The number of methoxy groups -OCH3 is 1. The minimum atomic E-state index is -0.722. The third kappa shape index (κ3) is 4.85. The summed E-state index contributed by atoms with van der Waals surface area (Å²) in [7, 11) is 1.56. The number of amides is 1. The fourth-order valence-corrected chi connectivity index (χ4v) is 1.92. The molecule has 2 rings (SSSR count). The van der Waals surface area contributed by atoms with Crippen molar-refractivity contribution in [3.05, 3.63) is 59.7 Å². The molecule has 0 bridgehead atoms. The lowest BCUT2D eigenvalue weighted by molar-refractivity contribution is -0.126. The molecule has 1 unspecified atom stereocenters. The van der Waals surface area contributed by atoms with Gasteiger partial charge in [-0.25, -0.2) is 0 Å². The SMILES string of the molecule is COc1ccc(C)cc1NC(=O)C(C)O/N=C/c1ccccc1. The molecule has 0 saturated heterocycles. The molecule has 0 saturated carbocycles. The third-order valence-corrected chi connectivity index (χ3v) is 3.20. The summed E-state index contributed by atoms with van der Waals surface area (Å²) in [6, 6.07) is 15.1. The van der Waals surface area contributed by atoms with Crippen molar-refractivity contribution < 1.29 is 14.4 Å². The van der Waals surface area contributed by atoms with Crippen LogP contribution in [-0.2, 0) is 9.63 Å². The summed E-state index contributed by atoms with van der Waals surface area (Å²) < 4.78 is 5.23. The number of hydrogen-bond acceptors (Lipinski definition) is 4. The third-order valence-electron chi connectivity index (χ3n) is 3.20. The molecular weight excluding hydrogens is 292 g/mol. The first-order chi connectivity index (χ1) is 11.1. The quantitative estimate of drug-likeness (QED) is 0.657. The molecule has 120 valence electrons. The number of carbonyl (C=O) groups excluding carboxylic acids is 1. The highest BCUT2D eigenvalue weighted by Gasteiger charge is 2.16. The average Bonchev–Trinajstić information content (AvgIpc) is 2.56. The Morgan fingerprint density at radius 3 is 2.65 bits per heavy atom. The van der Waals surface area contributed by atoms with Gasteiger partial charge in [-0.15, -0.1) is 0 Å². The molecule has 1 amide bonds. The maximum absolute atomic E-state index is 12.2. The van der Waals surface area contributed by atoms with E-state index in [2.05, 4.69) is 10.5 Å². The van der Waals surface area contributed by atoms with Gasteiger partial charge in [0.2, 0.25) is 6.10 Å². The minimum Gasteiger partial charge on any atom is -0.495 e. The Labute approximate surface area is 135 Å². The van der Waals surface area contributed by atoms with Gasteiger partial charge in [0.25, 0.3) is 5.91 Å². The number of aryl methyl sites for hydroxylation is 1. The number of carbonyl (C=O) groups is 1. The van der Waals surface area contributed by atoms with Gasteiger partial charge in [-0.05, 0) is 37.1 Å². The zero-order chi connectivity index (χ0) is 16.7. The van der Waals surface area contributed by atoms with Crippen LogP contribution in [0.5, 0.6) is 5.75 Å². The summed E-state index contributed by atoms with van der Waals surface area (Å²) in [6.45, 7) is 3.58. The van der Waals surface area contributed by atoms with E-state index >= 15 is 0 Å². The summed E-state index contributed by atoms with van der Waals surface area (Å²) in [4.78, 5) is 17.4. The fourth-order valence-electron chi connectivity index (χ4n) is 1.92. The molecule has 0 aromatic heterocycles. The van der Waals surface area contributed by atoms with Gasteiger partial charge in [0.1, 0.15) is 5.75 Å². The summed E-state index contributed by atoms with van der Waals surface area (Å²) in [5, 5.41) is 6.64. The lowest BCUT2D eigenvalue weighted by atomic mass is 10.2. The molecule has 2 aromatic carbocycles. The molecule has 0 aliphatic carbocycles. The Morgan fingerprint density at radius 1 is 1.22 bits per heavy atom. The molecule has 23 heavy (non-hydrogen) atoms. The normalized spacial score (nSPS) is 12.0. The Hall–Kier alpha value is -2.82. The van der Waals surface area contributed by atoms with Gasteiger partial charge in [0, 0.05) is 0 Å². The van der Waals surface area contributed by atoms with E-state index in [0.717, 1.165) is 11.1 Å². The van der Waals surface area contributed by atoms with Gasteiger partial charge in [-0.3, -0.25) is 4.79 Å². The Bertz CT molecular complexity index is 684. The van der Waals surface area contributed by atoms with Crippen LogP contribution >= 0.6 is 0 Å². The van der Waals surface area contributed by atoms with Crippen molar-refractivity contribution >= 4 is 17.8 Å². The number of rotatable bonds is 6. The largest absolute Gasteiger partial charge is 0.495 e.